The van der Waals surface area contributed by atoms with E-state index in [-0.39, 0.29) is 18.2 Å². The molecule has 4 aromatic rings. The highest BCUT2D eigenvalue weighted by Gasteiger charge is 2.31. The first-order valence-electron chi connectivity index (χ1n) is 12.0. The van der Waals surface area contributed by atoms with Gasteiger partial charge in [0.15, 0.2) is 0 Å². The number of aliphatic carboxylic acids is 1. The molecule has 0 bridgehead atoms. The summed E-state index contributed by atoms with van der Waals surface area (Å²) in [5.74, 6) is -1.12. The third-order valence-corrected chi connectivity index (χ3v) is 6.29. The number of hydrogen-bond donors (Lipinski definition) is 1. The summed E-state index contributed by atoms with van der Waals surface area (Å²) in [5, 5.41) is 15.8. The molecule has 38 heavy (non-hydrogen) atoms. The molecule has 2 heterocycles. The molecular formula is C28H23F3N4O3. The summed E-state index contributed by atoms with van der Waals surface area (Å²) < 4.78 is 41.2. The number of benzene rings is 3. The van der Waals surface area contributed by atoms with E-state index in [0.29, 0.717) is 19.4 Å². The van der Waals surface area contributed by atoms with Gasteiger partial charge in [-0.1, -0.05) is 42.5 Å². The third kappa shape index (κ3) is 5.91. The van der Waals surface area contributed by atoms with E-state index in [1.165, 1.54) is 12.1 Å². The summed E-state index contributed by atoms with van der Waals surface area (Å²) in [4.78, 5) is 19.8. The lowest BCUT2D eigenvalue weighted by Crippen LogP contribution is -2.21. The topological polar surface area (TPSA) is 87.9 Å². The van der Waals surface area contributed by atoms with Crippen LogP contribution in [0.15, 0.2) is 84.2 Å². The predicted octanol–water partition coefficient (Wildman–Crippen LogP) is 6.21. The molecular weight excluding hydrogens is 497 g/mol. The zero-order chi connectivity index (χ0) is 26.7. The second kappa shape index (κ2) is 10.5. The fraction of sp³-hybridized carbons (Fsp3) is 0.214. The smallest absolute Gasteiger partial charge is 0.481 e. The maximum Gasteiger partial charge on any atom is 0.573 e. The first-order valence-corrected chi connectivity index (χ1v) is 12.0. The molecule has 10 heteroatoms. The van der Waals surface area contributed by atoms with Crippen molar-refractivity contribution in [3.8, 4) is 16.9 Å². The molecule has 1 aliphatic heterocycles. The minimum atomic E-state index is -4.73. The molecule has 0 fully saturated rings. The van der Waals surface area contributed by atoms with Gasteiger partial charge >= 0.3 is 12.3 Å². The molecule has 1 aromatic heterocycles. The minimum absolute atomic E-state index is 0.0543. The third-order valence-electron chi connectivity index (χ3n) is 6.29. The normalized spacial score (nSPS) is 15.5. The number of aromatic nitrogens is 2. The number of halogens is 3. The Bertz CT molecular complexity index is 1470. The van der Waals surface area contributed by atoms with Gasteiger partial charge in [0.1, 0.15) is 5.75 Å². The lowest BCUT2D eigenvalue weighted by molar-refractivity contribution is -0.274. The van der Waals surface area contributed by atoms with Crippen molar-refractivity contribution in [2.24, 2.45) is 5.10 Å². The maximum atomic E-state index is 12.4. The molecule has 0 radical (unpaired) electrons. The van der Waals surface area contributed by atoms with Gasteiger partial charge in [-0.15, -0.1) is 13.2 Å². The molecule has 0 aliphatic carbocycles. The number of carbonyl (C=O) groups is 1. The van der Waals surface area contributed by atoms with Crippen LogP contribution < -0.4 is 4.74 Å². The van der Waals surface area contributed by atoms with Crippen LogP contribution in [0.1, 0.15) is 36.4 Å². The van der Waals surface area contributed by atoms with E-state index in [1.807, 2.05) is 47.5 Å². The summed E-state index contributed by atoms with van der Waals surface area (Å²) in [5.41, 5.74) is 5.96. The van der Waals surface area contributed by atoms with Crippen molar-refractivity contribution >= 4 is 22.7 Å². The Kier molecular flexibility index (Phi) is 6.95. The Balaban J connectivity index is 1.36. The van der Waals surface area contributed by atoms with Crippen LogP contribution in [0.5, 0.6) is 5.75 Å². The van der Waals surface area contributed by atoms with Crippen LogP contribution in [0.3, 0.4) is 0 Å². The van der Waals surface area contributed by atoms with Crippen LogP contribution in [-0.4, -0.2) is 44.7 Å². The number of alkyl halides is 3. The SMILES string of the molecule is O=C(O)CCCN1N=C(c2ccc(-c3ccc(OC(F)(F)F)cc3)cc2)CC1c1ccc2nccnc2c1. The van der Waals surface area contributed by atoms with Crippen LogP contribution in [0.25, 0.3) is 22.2 Å². The first-order chi connectivity index (χ1) is 18.2. The number of rotatable bonds is 8. The molecule has 194 valence electrons. The average molecular weight is 521 g/mol. The largest absolute Gasteiger partial charge is 0.573 e. The number of nitrogens with zero attached hydrogens (tertiary/aromatic N) is 4. The van der Waals surface area contributed by atoms with E-state index in [0.717, 1.165) is 39.0 Å². The fourth-order valence-electron chi connectivity index (χ4n) is 4.51. The highest BCUT2D eigenvalue weighted by Crippen LogP contribution is 2.34. The summed E-state index contributed by atoms with van der Waals surface area (Å²) in [6.07, 6.45) is -0.300. The summed E-state index contributed by atoms with van der Waals surface area (Å²) >= 11 is 0. The van der Waals surface area contributed by atoms with Crippen molar-refractivity contribution in [1.29, 1.82) is 0 Å². The number of ether oxygens (including phenoxy) is 1. The summed E-state index contributed by atoms with van der Waals surface area (Å²) in [7, 11) is 0. The number of hydrogen-bond acceptors (Lipinski definition) is 6. The number of hydrazone groups is 1. The van der Waals surface area contributed by atoms with Crippen molar-refractivity contribution < 1.29 is 27.8 Å². The number of carboxylic acid groups (broad SMARTS) is 1. The van der Waals surface area contributed by atoms with Gasteiger partial charge in [0, 0.05) is 31.8 Å². The van der Waals surface area contributed by atoms with Crippen molar-refractivity contribution in [2.75, 3.05) is 6.54 Å². The zero-order valence-corrected chi connectivity index (χ0v) is 20.1. The minimum Gasteiger partial charge on any atom is -0.481 e. The Morgan fingerprint density at radius 1 is 0.921 bits per heavy atom. The highest BCUT2D eigenvalue weighted by atomic mass is 19.4. The van der Waals surface area contributed by atoms with E-state index in [4.69, 9.17) is 10.2 Å². The Hall–Kier alpha value is -4.47. The van der Waals surface area contributed by atoms with E-state index in [9.17, 15) is 18.0 Å². The first kappa shape index (κ1) is 25.2. The molecule has 3 aromatic carbocycles. The van der Waals surface area contributed by atoms with Gasteiger partial charge in [0.2, 0.25) is 0 Å². The molecule has 1 unspecified atom stereocenters. The summed E-state index contributed by atoms with van der Waals surface area (Å²) in [6, 6.07) is 19.2. The molecule has 0 spiro atoms. The highest BCUT2D eigenvalue weighted by molar-refractivity contribution is 6.02. The van der Waals surface area contributed by atoms with Crippen LogP contribution in [0.4, 0.5) is 13.2 Å². The quantitative estimate of drug-likeness (QED) is 0.297. The lowest BCUT2D eigenvalue weighted by Gasteiger charge is -2.23. The van der Waals surface area contributed by atoms with Crippen LogP contribution in [0.2, 0.25) is 0 Å². The molecule has 5 rings (SSSR count). The Morgan fingerprint density at radius 3 is 2.21 bits per heavy atom. The molecule has 1 atom stereocenters. The van der Waals surface area contributed by atoms with Gasteiger partial charge in [0.05, 0.1) is 22.8 Å². The monoisotopic (exact) mass is 520 g/mol. The van der Waals surface area contributed by atoms with E-state index >= 15 is 0 Å². The van der Waals surface area contributed by atoms with Gasteiger partial charge in [-0.2, -0.15) is 5.10 Å². The molecule has 1 aliphatic rings. The van der Waals surface area contributed by atoms with Gasteiger partial charge in [-0.25, -0.2) is 0 Å². The van der Waals surface area contributed by atoms with Crippen molar-refractivity contribution in [1.82, 2.24) is 15.0 Å². The maximum absolute atomic E-state index is 12.4. The summed E-state index contributed by atoms with van der Waals surface area (Å²) in [6.45, 7) is 0.489. The van der Waals surface area contributed by atoms with Gasteiger partial charge in [0.25, 0.3) is 0 Å². The van der Waals surface area contributed by atoms with E-state index in [2.05, 4.69) is 14.7 Å². The average Bonchev–Trinajstić information content (AvgIpc) is 3.32. The molecule has 7 nitrogen and oxygen atoms in total. The van der Waals surface area contributed by atoms with Gasteiger partial charge in [-0.3, -0.25) is 19.8 Å². The molecule has 0 saturated carbocycles. The van der Waals surface area contributed by atoms with Crippen molar-refractivity contribution in [3.05, 3.63) is 90.3 Å². The second-order valence-electron chi connectivity index (χ2n) is 8.88. The van der Waals surface area contributed by atoms with Gasteiger partial charge < -0.3 is 9.84 Å². The Labute approximate surface area is 216 Å². The molecule has 0 amide bonds. The fourth-order valence-corrected chi connectivity index (χ4v) is 4.51. The van der Waals surface area contributed by atoms with Crippen molar-refractivity contribution in [2.45, 2.75) is 31.7 Å². The second-order valence-corrected chi connectivity index (χ2v) is 8.88. The molecule has 1 N–H and O–H groups in total. The standard InChI is InChI=1S/C28H23F3N4O3/c29-28(30,31)38-22-10-7-19(8-11-22)18-3-5-20(6-4-18)24-17-26(35(34-24)15-1-2-27(36)37)21-9-12-23-25(16-21)33-14-13-32-23/h3-14,16,26H,1-2,15,17H2,(H,36,37). The van der Waals surface area contributed by atoms with Crippen LogP contribution in [0, 0.1) is 0 Å². The van der Waals surface area contributed by atoms with E-state index in [1.54, 1.807) is 24.5 Å². The van der Waals surface area contributed by atoms with Crippen LogP contribution >= 0.6 is 0 Å². The lowest BCUT2D eigenvalue weighted by atomic mass is 9.96. The van der Waals surface area contributed by atoms with Crippen molar-refractivity contribution in [3.63, 3.8) is 0 Å². The predicted molar refractivity (Wildman–Crippen MR) is 136 cm³/mol. The van der Waals surface area contributed by atoms with Crippen LogP contribution in [-0.2, 0) is 4.79 Å². The molecule has 0 saturated heterocycles. The van der Waals surface area contributed by atoms with Gasteiger partial charge in [-0.05, 0) is 52.9 Å². The number of fused-ring (bicyclic) bond motifs is 1. The van der Waals surface area contributed by atoms with E-state index < -0.39 is 12.3 Å². The Morgan fingerprint density at radius 2 is 1.55 bits per heavy atom. The number of carboxylic acids is 1. The zero-order valence-electron chi connectivity index (χ0n) is 20.1.